The van der Waals surface area contributed by atoms with Gasteiger partial charge < -0.3 is 25.2 Å². The van der Waals surface area contributed by atoms with E-state index in [1.807, 2.05) is 0 Å². The Hall–Kier alpha value is -1.26. The van der Waals surface area contributed by atoms with Gasteiger partial charge in [0.25, 0.3) is 0 Å². The molecule has 0 saturated heterocycles. The Balaban J connectivity index is 0.833. The fourth-order valence-corrected chi connectivity index (χ4v) is 12.0. The maximum Gasteiger partial charge on any atom is 0.307 e. The van der Waals surface area contributed by atoms with Crippen LogP contribution in [-0.2, 0) is 24.0 Å². The SMILES string of the molecule is CC(C)(COC1CCC(NC(=O)C2CCC(CC3CCCCC3)CC2C(=O)O)CC1)COC1CCC(NC2CCC(CC3CCCCC3)CC2COO)CC1. The van der Waals surface area contributed by atoms with E-state index in [1.165, 1.54) is 89.9 Å². The molecule has 6 saturated carbocycles. The molecule has 0 radical (unpaired) electrons. The van der Waals surface area contributed by atoms with Crippen LogP contribution < -0.4 is 10.6 Å². The lowest BCUT2D eigenvalue weighted by molar-refractivity contribution is -0.254. The maximum absolute atomic E-state index is 13.4. The minimum atomic E-state index is -0.794. The minimum Gasteiger partial charge on any atom is -0.481 e. The van der Waals surface area contributed by atoms with E-state index < -0.39 is 17.8 Å². The Morgan fingerprint density at radius 2 is 1.13 bits per heavy atom. The summed E-state index contributed by atoms with van der Waals surface area (Å²) in [4.78, 5) is 30.4. The number of carboxylic acid groups (broad SMARTS) is 1. The average molecular weight is 773 g/mol. The van der Waals surface area contributed by atoms with Crippen molar-refractivity contribution in [2.75, 3.05) is 19.8 Å². The zero-order chi connectivity index (χ0) is 38.6. The molecule has 0 spiro atoms. The number of amides is 1. The molecule has 0 bridgehead atoms. The Labute approximate surface area is 333 Å². The van der Waals surface area contributed by atoms with E-state index in [9.17, 15) is 20.0 Å². The van der Waals surface area contributed by atoms with E-state index in [2.05, 4.69) is 24.5 Å². The van der Waals surface area contributed by atoms with Crippen LogP contribution in [0.1, 0.15) is 181 Å². The molecule has 4 N–H and O–H groups in total. The highest BCUT2D eigenvalue weighted by Gasteiger charge is 2.41. The third kappa shape index (κ3) is 13.6. The molecule has 0 aliphatic heterocycles. The van der Waals surface area contributed by atoms with Crippen molar-refractivity contribution >= 4 is 11.9 Å². The van der Waals surface area contributed by atoms with Gasteiger partial charge in [0.2, 0.25) is 5.91 Å². The van der Waals surface area contributed by atoms with Crippen LogP contribution in [-0.4, -0.2) is 72.4 Å². The van der Waals surface area contributed by atoms with E-state index >= 15 is 0 Å². The average Bonchev–Trinajstić information content (AvgIpc) is 3.19. The van der Waals surface area contributed by atoms with E-state index in [1.54, 1.807) is 0 Å². The quantitative estimate of drug-likeness (QED) is 0.0851. The Morgan fingerprint density at radius 3 is 1.67 bits per heavy atom. The van der Waals surface area contributed by atoms with Gasteiger partial charge in [-0.3, -0.25) is 14.8 Å². The largest absolute Gasteiger partial charge is 0.481 e. The van der Waals surface area contributed by atoms with Crippen molar-refractivity contribution in [3.63, 3.8) is 0 Å². The van der Waals surface area contributed by atoms with Crippen molar-refractivity contribution in [3.05, 3.63) is 0 Å². The Kier molecular flexibility index (Phi) is 17.1. The summed E-state index contributed by atoms with van der Waals surface area (Å²) in [6.07, 6.45) is 30.7. The van der Waals surface area contributed by atoms with Gasteiger partial charge in [0, 0.05) is 29.5 Å². The fourth-order valence-electron chi connectivity index (χ4n) is 12.0. The van der Waals surface area contributed by atoms with Crippen LogP contribution in [0.4, 0.5) is 0 Å². The van der Waals surface area contributed by atoms with E-state index in [-0.39, 0.29) is 23.5 Å². The van der Waals surface area contributed by atoms with E-state index in [0.717, 1.165) is 82.0 Å². The van der Waals surface area contributed by atoms with E-state index in [4.69, 9.17) is 14.4 Å². The second-order valence-electron chi connectivity index (χ2n) is 20.5. The number of carbonyl (C=O) groups excluding carboxylic acids is 1. The first-order chi connectivity index (χ1) is 26.6. The van der Waals surface area contributed by atoms with Gasteiger partial charge in [0.1, 0.15) is 0 Å². The zero-order valence-corrected chi connectivity index (χ0v) is 34.9. The minimum absolute atomic E-state index is 0.0383. The molecule has 6 rings (SSSR count). The smallest absolute Gasteiger partial charge is 0.307 e. The molecular formula is C46H80N2O7. The number of aliphatic carboxylic acids is 1. The number of rotatable bonds is 17. The summed E-state index contributed by atoms with van der Waals surface area (Å²) in [6.45, 7) is 6.28. The lowest BCUT2D eigenvalue weighted by atomic mass is 9.69. The van der Waals surface area contributed by atoms with Crippen LogP contribution in [0.3, 0.4) is 0 Å². The van der Waals surface area contributed by atoms with Crippen molar-refractivity contribution < 1.29 is 34.3 Å². The first-order valence-corrected chi connectivity index (χ1v) is 23.4. The van der Waals surface area contributed by atoms with Crippen LogP contribution in [0.2, 0.25) is 0 Å². The number of hydrogen-bond acceptors (Lipinski definition) is 7. The summed E-state index contributed by atoms with van der Waals surface area (Å²) in [5.74, 6) is 1.51. The topological polar surface area (TPSA) is 126 Å². The van der Waals surface area contributed by atoms with Gasteiger partial charge in [-0.05, 0) is 126 Å². The monoisotopic (exact) mass is 773 g/mol. The molecule has 1 amide bonds. The normalized spacial score (nSPS) is 36.0. The molecule has 6 unspecified atom stereocenters. The van der Waals surface area contributed by atoms with Crippen LogP contribution in [0.5, 0.6) is 0 Å². The van der Waals surface area contributed by atoms with E-state index in [0.29, 0.717) is 62.7 Å². The fraction of sp³-hybridized carbons (Fsp3) is 0.957. The molecule has 9 nitrogen and oxygen atoms in total. The number of nitrogens with one attached hydrogen (secondary N) is 2. The highest BCUT2D eigenvalue weighted by Crippen LogP contribution is 2.41. The molecule has 316 valence electrons. The van der Waals surface area contributed by atoms with Crippen LogP contribution in [0.15, 0.2) is 0 Å². The summed E-state index contributed by atoms with van der Waals surface area (Å²) in [5, 5.41) is 26.7. The lowest BCUT2D eigenvalue weighted by Crippen LogP contribution is -2.48. The maximum atomic E-state index is 13.4. The standard InChI is InChI=1S/C46H80N2O7/c1-46(2,30-53-39-19-15-37(16-20-39)47-43-24-14-34(27-36(43)29-55-52)25-32-9-5-3-6-10-32)31-54-40-21-17-38(18-22-40)48-44(49)41-23-13-35(28-42(41)45(50)51)26-33-11-7-4-8-12-33/h32-43,47,52H,3-31H2,1-2H3,(H,48,49)(H,50,51). The molecular weight excluding hydrogens is 693 g/mol. The summed E-state index contributed by atoms with van der Waals surface area (Å²) >= 11 is 0. The molecule has 0 aromatic rings. The highest BCUT2D eigenvalue weighted by molar-refractivity contribution is 5.85. The second-order valence-corrected chi connectivity index (χ2v) is 20.5. The van der Waals surface area contributed by atoms with Crippen molar-refractivity contribution in [1.82, 2.24) is 10.6 Å². The van der Waals surface area contributed by atoms with Crippen molar-refractivity contribution in [1.29, 1.82) is 0 Å². The molecule has 6 fully saturated rings. The highest BCUT2D eigenvalue weighted by atomic mass is 17.1. The van der Waals surface area contributed by atoms with Crippen molar-refractivity contribution in [2.45, 2.75) is 211 Å². The second kappa shape index (κ2) is 21.7. The third-order valence-electron chi connectivity index (χ3n) is 15.3. The molecule has 6 atom stereocenters. The van der Waals surface area contributed by atoms with Crippen molar-refractivity contribution in [2.24, 2.45) is 46.8 Å². The van der Waals surface area contributed by atoms with Gasteiger partial charge in [-0.2, -0.15) is 0 Å². The van der Waals surface area contributed by atoms with Gasteiger partial charge >= 0.3 is 5.97 Å². The van der Waals surface area contributed by atoms with Crippen LogP contribution >= 0.6 is 0 Å². The third-order valence-corrected chi connectivity index (χ3v) is 15.3. The summed E-state index contributed by atoms with van der Waals surface area (Å²) < 4.78 is 13.0. The first kappa shape index (κ1) is 43.3. The number of ether oxygens (including phenoxy) is 2. The summed E-state index contributed by atoms with van der Waals surface area (Å²) in [5.41, 5.74) is -0.0738. The lowest BCUT2D eigenvalue weighted by Gasteiger charge is -2.41. The van der Waals surface area contributed by atoms with Gasteiger partial charge in [0.15, 0.2) is 0 Å². The summed E-state index contributed by atoms with van der Waals surface area (Å²) in [6, 6.07) is 1.06. The number of carboxylic acids is 1. The molecule has 0 aromatic heterocycles. The molecule has 0 aromatic carbocycles. The number of carbonyl (C=O) groups is 2. The predicted molar refractivity (Wildman–Crippen MR) is 217 cm³/mol. The first-order valence-electron chi connectivity index (χ1n) is 23.4. The Morgan fingerprint density at radius 1 is 0.600 bits per heavy atom. The zero-order valence-electron chi connectivity index (χ0n) is 34.9. The van der Waals surface area contributed by atoms with Crippen LogP contribution in [0.25, 0.3) is 0 Å². The molecule has 0 heterocycles. The van der Waals surface area contributed by atoms with Gasteiger partial charge in [-0.1, -0.05) is 78.1 Å². The van der Waals surface area contributed by atoms with Gasteiger partial charge in [0.05, 0.1) is 43.9 Å². The predicted octanol–water partition coefficient (Wildman–Crippen LogP) is 9.71. The molecule has 55 heavy (non-hydrogen) atoms. The van der Waals surface area contributed by atoms with Gasteiger partial charge in [-0.15, -0.1) is 0 Å². The van der Waals surface area contributed by atoms with Gasteiger partial charge in [-0.25, -0.2) is 4.89 Å². The molecule has 6 aliphatic carbocycles. The molecule has 9 heteroatoms. The molecule has 6 aliphatic rings. The Bertz CT molecular complexity index is 1140. The number of hydrogen-bond donors (Lipinski definition) is 4. The van der Waals surface area contributed by atoms with Crippen molar-refractivity contribution in [3.8, 4) is 0 Å². The summed E-state index contributed by atoms with van der Waals surface area (Å²) in [7, 11) is 0. The van der Waals surface area contributed by atoms with Crippen LogP contribution in [0, 0.1) is 46.8 Å².